The lowest BCUT2D eigenvalue weighted by Crippen LogP contribution is -2.60. The molecule has 0 N–H and O–H groups in total. The van der Waals surface area contributed by atoms with Gasteiger partial charge in [-0.2, -0.15) is 0 Å². The molecule has 35 heavy (non-hydrogen) atoms. The number of nitrogens with zero attached hydrogens (tertiary/aromatic N) is 1. The van der Waals surface area contributed by atoms with Crippen LogP contribution in [0.4, 0.5) is 5.69 Å². The fraction of sp³-hybridized carbons (Fsp3) is 0.333. The van der Waals surface area contributed by atoms with Crippen molar-refractivity contribution in [3.63, 3.8) is 0 Å². The van der Waals surface area contributed by atoms with Crippen LogP contribution < -0.4 is 4.90 Å². The molecule has 1 heterocycles. The molecule has 3 aromatic carbocycles. The molecule has 0 saturated carbocycles. The van der Waals surface area contributed by atoms with Gasteiger partial charge in [0, 0.05) is 20.1 Å². The third-order valence-electron chi connectivity index (χ3n) is 8.34. The van der Waals surface area contributed by atoms with E-state index >= 15 is 0 Å². The number of benzene rings is 3. The fourth-order valence-corrected chi connectivity index (χ4v) is 7.44. The Kier molecular flexibility index (Phi) is 4.83. The van der Waals surface area contributed by atoms with Crippen molar-refractivity contribution in [2.24, 2.45) is 11.8 Å². The van der Waals surface area contributed by atoms with Crippen LogP contribution in [0.3, 0.4) is 0 Å². The van der Waals surface area contributed by atoms with Crippen LogP contribution in [-0.4, -0.2) is 32.3 Å². The zero-order chi connectivity index (χ0) is 24.6. The van der Waals surface area contributed by atoms with Gasteiger partial charge in [0.2, 0.25) is 11.8 Å². The van der Waals surface area contributed by atoms with Crippen molar-refractivity contribution in [2.45, 2.75) is 38.4 Å². The standard InChI is InChI=1S/C30H29NO4/c1-16-14-17(2)26(18(3)15-16)31-27(32)24-23-19-10-6-8-12-21(19)30(25(24)28(31)33,29(34-4)35-5)22-13-9-7-11-20(22)23/h6-15,23-25,29H,1-5H3. The van der Waals surface area contributed by atoms with Crippen molar-refractivity contribution in [1.29, 1.82) is 0 Å². The topological polar surface area (TPSA) is 55.8 Å². The average molecular weight is 468 g/mol. The van der Waals surface area contributed by atoms with Gasteiger partial charge in [-0.15, -0.1) is 0 Å². The van der Waals surface area contributed by atoms with Gasteiger partial charge >= 0.3 is 0 Å². The number of carbonyl (C=O) groups excluding carboxylic acids is 2. The largest absolute Gasteiger partial charge is 0.355 e. The highest BCUT2D eigenvalue weighted by atomic mass is 16.7. The number of amides is 2. The highest BCUT2D eigenvalue weighted by Crippen LogP contribution is 2.66. The summed E-state index contributed by atoms with van der Waals surface area (Å²) in [5.74, 6) is -1.67. The Morgan fingerprint density at radius 3 is 1.83 bits per heavy atom. The van der Waals surface area contributed by atoms with Gasteiger partial charge in [0.25, 0.3) is 0 Å². The Morgan fingerprint density at radius 1 is 0.800 bits per heavy atom. The predicted molar refractivity (Wildman–Crippen MR) is 133 cm³/mol. The van der Waals surface area contributed by atoms with Gasteiger partial charge < -0.3 is 9.47 Å². The molecule has 4 aliphatic rings. The second-order valence-electron chi connectivity index (χ2n) is 10.1. The molecule has 7 rings (SSSR count). The Bertz CT molecular complexity index is 1320. The van der Waals surface area contributed by atoms with Crippen LogP contribution >= 0.6 is 0 Å². The summed E-state index contributed by atoms with van der Waals surface area (Å²) in [6, 6.07) is 20.4. The normalized spacial score (nSPS) is 26.2. The zero-order valence-corrected chi connectivity index (χ0v) is 20.7. The van der Waals surface area contributed by atoms with E-state index in [4.69, 9.17) is 9.47 Å². The van der Waals surface area contributed by atoms with Gasteiger partial charge in [0.1, 0.15) is 0 Å². The number of anilines is 1. The van der Waals surface area contributed by atoms with Gasteiger partial charge in [-0.25, -0.2) is 4.90 Å². The number of ether oxygens (including phenoxy) is 2. The highest BCUT2D eigenvalue weighted by molar-refractivity contribution is 6.24. The van der Waals surface area contributed by atoms with E-state index in [-0.39, 0.29) is 17.7 Å². The van der Waals surface area contributed by atoms with E-state index < -0.39 is 23.5 Å². The zero-order valence-electron chi connectivity index (χ0n) is 20.7. The van der Waals surface area contributed by atoms with Gasteiger partial charge in [-0.1, -0.05) is 66.2 Å². The van der Waals surface area contributed by atoms with Crippen molar-refractivity contribution >= 4 is 17.5 Å². The van der Waals surface area contributed by atoms with Crippen LogP contribution in [0.5, 0.6) is 0 Å². The number of hydrogen-bond acceptors (Lipinski definition) is 4. The summed E-state index contributed by atoms with van der Waals surface area (Å²) in [5, 5.41) is 0. The van der Waals surface area contributed by atoms with E-state index in [1.807, 2.05) is 57.2 Å². The summed E-state index contributed by atoms with van der Waals surface area (Å²) in [6.07, 6.45) is -0.740. The number of hydrogen-bond donors (Lipinski definition) is 0. The lowest BCUT2D eigenvalue weighted by molar-refractivity contribution is -0.168. The summed E-state index contributed by atoms with van der Waals surface area (Å²) in [4.78, 5) is 30.3. The summed E-state index contributed by atoms with van der Waals surface area (Å²) < 4.78 is 11.9. The fourth-order valence-electron chi connectivity index (χ4n) is 7.44. The van der Waals surface area contributed by atoms with E-state index in [1.54, 1.807) is 14.2 Å². The second-order valence-corrected chi connectivity index (χ2v) is 10.1. The first-order valence-electron chi connectivity index (χ1n) is 12.1. The maximum absolute atomic E-state index is 14.5. The smallest absolute Gasteiger partial charge is 0.239 e. The minimum atomic E-state index is -0.940. The van der Waals surface area contributed by atoms with Gasteiger partial charge in [-0.05, 0) is 54.2 Å². The Morgan fingerprint density at radius 2 is 1.31 bits per heavy atom. The van der Waals surface area contributed by atoms with Crippen LogP contribution in [0.15, 0.2) is 60.7 Å². The minimum absolute atomic E-state index is 0.139. The molecule has 0 spiro atoms. The van der Waals surface area contributed by atoms with Crippen molar-refractivity contribution in [3.05, 3.63) is 99.6 Å². The quantitative estimate of drug-likeness (QED) is 0.409. The Hall–Kier alpha value is -3.28. The third kappa shape index (κ3) is 2.60. The minimum Gasteiger partial charge on any atom is -0.355 e. The molecule has 5 heteroatoms. The lowest BCUT2D eigenvalue weighted by Gasteiger charge is -2.56. The highest BCUT2D eigenvalue weighted by Gasteiger charge is 2.71. The monoisotopic (exact) mass is 467 g/mol. The first kappa shape index (κ1) is 22.2. The first-order chi connectivity index (χ1) is 16.9. The molecule has 0 aromatic heterocycles. The van der Waals surface area contributed by atoms with Crippen molar-refractivity contribution < 1.29 is 19.1 Å². The predicted octanol–water partition coefficient (Wildman–Crippen LogP) is 4.78. The average Bonchev–Trinajstić information content (AvgIpc) is 3.11. The maximum Gasteiger partial charge on any atom is 0.239 e. The molecule has 178 valence electrons. The first-order valence-corrected chi connectivity index (χ1v) is 12.1. The molecule has 0 radical (unpaired) electrons. The van der Waals surface area contributed by atoms with E-state index in [0.717, 1.165) is 38.9 Å². The molecule has 3 aromatic rings. The van der Waals surface area contributed by atoms with Gasteiger partial charge in [0.05, 0.1) is 22.9 Å². The molecular weight excluding hydrogens is 438 g/mol. The number of methoxy groups -OCH3 is 2. The molecule has 2 unspecified atom stereocenters. The number of carbonyl (C=O) groups is 2. The molecule has 3 aliphatic carbocycles. The molecular formula is C30H29NO4. The number of rotatable bonds is 4. The summed E-state index contributed by atoms with van der Waals surface area (Å²) in [5.41, 5.74) is 6.90. The number of imide groups is 1. The summed E-state index contributed by atoms with van der Waals surface area (Å²) in [6.45, 7) is 5.97. The van der Waals surface area contributed by atoms with Crippen LogP contribution in [-0.2, 0) is 24.5 Å². The van der Waals surface area contributed by atoms with Crippen molar-refractivity contribution in [2.75, 3.05) is 19.1 Å². The molecule has 1 fully saturated rings. The van der Waals surface area contributed by atoms with E-state index in [1.165, 1.54) is 4.90 Å². The van der Waals surface area contributed by atoms with Crippen molar-refractivity contribution in [3.8, 4) is 0 Å². The molecule has 2 bridgehead atoms. The molecule has 2 amide bonds. The van der Waals surface area contributed by atoms with Crippen molar-refractivity contribution in [1.82, 2.24) is 0 Å². The Labute approximate surface area is 205 Å². The summed E-state index contributed by atoms with van der Waals surface area (Å²) in [7, 11) is 3.22. The molecule has 2 atom stereocenters. The SMILES string of the molecule is COC(OC)C12c3ccccc3C(c3ccccc31)C1C(=O)N(c3c(C)cc(C)cc3C)C(=O)C12. The lowest BCUT2D eigenvalue weighted by atomic mass is 9.47. The molecule has 1 aliphatic heterocycles. The van der Waals surface area contributed by atoms with Crippen LogP contribution in [0.2, 0.25) is 0 Å². The van der Waals surface area contributed by atoms with Crippen LogP contribution in [0, 0.1) is 32.6 Å². The van der Waals surface area contributed by atoms with Gasteiger partial charge in [-0.3, -0.25) is 9.59 Å². The second kappa shape index (κ2) is 7.61. The number of aryl methyl sites for hydroxylation is 3. The van der Waals surface area contributed by atoms with E-state index in [0.29, 0.717) is 5.69 Å². The van der Waals surface area contributed by atoms with Crippen LogP contribution in [0.1, 0.15) is 44.9 Å². The third-order valence-corrected chi connectivity index (χ3v) is 8.34. The molecule has 1 saturated heterocycles. The summed E-state index contributed by atoms with van der Waals surface area (Å²) >= 11 is 0. The molecule has 5 nitrogen and oxygen atoms in total. The van der Waals surface area contributed by atoms with E-state index in [2.05, 4.69) is 24.3 Å². The van der Waals surface area contributed by atoms with E-state index in [9.17, 15) is 9.59 Å². The Balaban J connectivity index is 1.68. The van der Waals surface area contributed by atoms with Crippen LogP contribution in [0.25, 0.3) is 0 Å². The van der Waals surface area contributed by atoms with Gasteiger partial charge in [0.15, 0.2) is 6.29 Å². The maximum atomic E-state index is 14.5.